The second-order valence-electron chi connectivity index (χ2n) is 4.73. The van der Waals surface area contributed by atoms with Gasteiger partial charge in [0.15, 0.2) is 5.82 Å². The van der Waals surface area contributed by atoms with Crippen molar-refractivity contribution in [1.29, 1.82) is 0 Å². The predicted molar refractivity (Wildman–Crippen MR) is 81.8 cm³/mol. The average Bonchev–Trinajstić information content (AvgIpc) is 2.85. The normalized spacial score (nSPS) is 12.0. The highest BCUT2D eigenvalue weighted by atomic mass is 28.4. The lowest BCUT2D eigenvalue weighted by atomic mass is 10.2. The van der Waals surface area contributed by atoms with Crippen LogP contribution in [0.1, 0.15) is 45.9 Å². The van der Waals surface area contributed by atoms with E-state index in [-0.39, 0.29) is 0 Å². The number of hydrogen-bond donors (Lipinski definition) is 0. The molecule has 1 aromatic heterocycles. The number of tetrazole rings is 1. The summed E-state index contributed by atoms with van der Waals surface area (Å²) < 4.78 is 17.5. The number of aromatic nitrogens is 4. The number of aryl methyl sites for hydroxylation is 2. The van der Waals surface area contributed by atoms with Gasteiger partial charge in [-0.25, -0.2) is 0 Å². The highest BCUT2D eigenvalue weighted by molar-refractivity contribution is 6.60. The first-order chi connectivity index (χ1) is 10.2. The number of unbranched alkanes of at least 4 members (excludes halogenated alkanes) is 2. The Kier molecular flexibility index (Phi) is 8.66. The Morgan fingerprint density at radius 1 is 0.952 bits per heavy atom. The Balaban J connectivity index is 2.31. The van der Waals surface area contributed by atoms with Crippen LogP contribution in [0.3, 0.4) is 0 Å². The van der Waals surface area contributed by atoms with Crippen molar-refractivity contribution in [2.75, 3.05) is 19.8 Å². The highest BCUT2D eigenvalue weighted by Crippen LogP contribution is 2.20. The third kappa shape index (κ3) is 6.64. The fraction of sp³-hybridized carbons (Fsp3) is 0.923. The Hall–Kier alpha value is -0.833. The van der Waals surface area contributed by atoms with Crippen LogP contribution in [0.15, 0.2) is 0 Å². The topological polar surface area (TPSA) is 71.3 Å². The van der Waals surface area contributed by atoms with Crippen LogP contribution in [0, 0.1) is 6.92 Å². The molecule has 0 fully saturated rings. The molecule has 1 rings (SSSR count). The van der Waals surface area contributed by atoms with Crippen molar-refractivity contribution in [3.05, 3.63) is 5.82 Å². The van der Waals surface area contributed by atoms with E-state index in [1.807, 2.05) is 27.7 Å². The minimum absolute atomic E-state index is 0.633. The van der Waals surface area contributed by atoms with Gasteiger partial charge in [0.2, 0.25) is 0 Å². The summed E-state index contributed by atoms with van der Waals surface area (Å²) in [5.41, 5.74) is 0. The first-order valence-electron chi connectivity index (χ1n) is 7.82. The summed E-state index contributed by atoms with van der Waals surface area (Å²) in [5.74, 6) is 0.713. The van der Waals surface area contributed by atoms with Gasteiger partial charge in [0.1, 0.15) is 0 Å². The van der Waals surface area contributed by atoms with E-state index in [1.165, 1.54) is 0 Å². The maximum Gasteiger partial charge on any atom is 0.500 e. The lowest BCUT2D eigenvalue weighted by Gasteiger charge is -2.28. The van der Waals surface area contributed by atoms with Gasteiger partial charge < -0.3 is 13.3 Å². The van der Waals surface area contributed by atoms with Crippen LogP contribution in [0.5, 0.6) is 0 Å². The van der Waals surface area contributed by atoms with E-state index in [0.29, 0.717) is 25.6 Å². The van der Waals surface area contributed by atoms with Crippen LogP contribution in [0.4, 0.5) is 0 Å². The molecule has 0 aromatic carbocycles. The van der Waals surface area contributed by atoms with Gasteiger partial charge in [0.25, 0.3) is 0 Å². The van der Waals surface area contributed by atoms with Gasteiger partial charge in [-0.15, -0.1) is 10.2 Å². The average molecular weight is 316 g/mol. The molecule has 1 heterocycles. The third-order valence-electron chi connectivity index (χ3n) is 2.99. The lowest BCUT2D eigenvalue weighted by Crippen LogP contribution is -2.45. The molecule has 0 aliphatic rings. The molecule has 1 aromatic rings. The fourth-order valence-electron chi connectivity index (χ4n) is 2.19. The molecular weight excluding hydrogens is 288 g/mol. The van der Waals surface area contributed by atoms with E-state index in [2.05, 4.69) is 15.4 Å². The van der Waals surface area contributed by atoms with Crippen molar-refractivity contribution in [2.45, 2.75) is 59.5 Å². The van der Waals surface area contributed by atoms with Crippen LogP contribution in [0.2, 0.25) is 6.04 Å². The van der Waals surface area contributed by atoms with Crippen LogP contribution >= 0.6 is 0 Å². The zero-order valence-corrected chi connectivity index (χ0v) is 14.7. The van der Waals surface area contributed by atoms with Gasteiger partial charge >= 0.3 is 8.80 Å². The molecule has 21 heavy (non-hydrogen) atoms. The maximum absolute atomic E-state index is 5.83. The Morgan fingerprint density at radius 3 is 2.05 bits per heavy atom. The zero-order chi connectivity index (χ0) is 15.6. The molecule has 0 spiro atoms. The minimum Gasteiger partial charge on any atom is -0.374 e. The summed E-state index contributed by atoms with van der Waals surface area (Å²) in [6.45, 7) is 10.5. The van der Waals surface area contributed by atoms with E-state index in [9.17, 15) is 0 Å². The third-order valence-corrected chi connectivity index (χ3v) is 6.14. The molecule has 0 aliphatic heterocycles. The molecule has 0 aliphatic carbocycles. The van der Waals surface area contributed by atoms with Gasteiger partial charge in [0, 0.05) is 25.9 Å². The van der Waals surface area contributed by atoms with Gasteiger partial charge in [0.05, 0.1) is 6.54 Å². The SMILES string of the molecule is CCO[Si](CCCCCn1nnc(C)n1)(OCC)OCC. The molecule has 0 amide bonds. The summed E-state index contributed by atoms with van der Waals surface area (Å²) in [7, 11) is -2.47. The molecule has 0 bridgehead atoms. The van der Waals surface area contributed by atoms with Crippen molar-refractivity contribution in [3.63, 3.8) is 0 Å². The van der Waals surface area contributed by atoms with Crippen molar-refractivity contribution < 1.29 is 13.3 Å². The molecular formula is C13H28N4O3Si. The van der Waals surface area contributed by atoms with Gasteiger partial charge in [-0.05, 0) is 45.7 Å². The molecule has 0 unspecified atom stereocenters. The number of hydrogen-bond acceptors (Lipinski definition) is 6. The molecule has 0 N–H and O–H groups in total. The van der Waals surface area contributed by atoms with E-state index < -0.39 is 8.80 Å². The van der Waals surface area contributed by atoms with Crippen molar-refractivity contribution in [1.82, 2.24) is 20.2 Å². The Labute approximate surface area is 128 Å². The predicted octanol–water partition coefficient (Wildman–Crippen LogP) is 2.20. The molecule has 0 atom stereocenters. The number of rotatable bonds is 12. The second kappa shape index (κ2) is 9.99. The largest absolute Gasteiger partial charge is 0.500 e. The highest BCUT2D eigenvalue weighted by Gasteiger charge is 2.39. The summed E-state index contributed by atoms with van der Waals surface area (Å²) in [6, 6.07) is 0.867. The summed E-state index contributed by atoms with van der Waals surface area (Å²) in [5, 5.41) is 12.0. The minimum atomic E-state index is -2.47. The summed E-state index contributed by atoms with van der Waals surface area (Å²) in [6.07, 6.45) is 3.12. The molecule has 122 valence electrons. The maximum atomic E-state index is 5.83. The number of nitrogens with zero attached hydrogens (tertiary/aromatic N) is 4. The zero-order valence-electron chi connectivity index (χ0n) is 13.7. The van der Waals surface area contributed by atoms with Gasteiger partial charge in [-0.3, -0.25) is 0 Å². The Morgan fingerprint density at radius 2 is 1.57 bits per heavy atom. The van der Waals surface area contributed by atoms with Crippen molar-refractivity contribution >= 4 is 8.80 Å². The lowest BCUT2D eigenvalue weighted by molar-refractivity contribution is 0.0706. The van der Waals surface area contributed by atoms with Crippen LogP contribution in [-0.4, -0.2) is 48.8 Å². The van der Waals surface area contributed by atoms with Gasteiger partial charge in [-0.2, -0.15) is 4.80 Å². The smallest absolute Gasteiger partial charge is 0.374 e. The monoisotopic (exact) mass is 316 g/mol. The van der Waals surface area contributed by atoms with E-state index >= 15 is 0 Å². The van der Waals surface area contributed by atoms with Crippen molar-refractivity contribution in [2.24, 2.45) is 0 Å². The van der Waals surface area contributed by atoms with E-state index in [4.69, 9.17) is 13.3 Å². The van der Waals surface area contributed by atoms with Crippen molar-refractivity contribution in [3.8, 4) is 0 Å². The molecule has 0 radical (unpaired) electrons. The van der Waals surface area contributed by atoms with Crippen LogP contribution < -0.4 is 0 Å². The standard InChI is InChI=1S/C13H28N4O3Si/c1-5-18-21(19-6-2,20-7-3)12-10-8-9-11-17-15-13(4)14-16-17/h5-12H2,1-4H3. The fourth-order valence-corrected chi connectivity index (χ4v) is 4.88. The summed E-state index contributed by atoms with van der Waals surface area (Å²) >= 11 is 0. The van der Waals surface area contributed by atoms with E-state index in [0.717, 1.165) is 31.9 Å². The van der Waals surface area contributed by atoms with Crippen LogP contribution in [-0.2, 0) is 19.8 Å². The van der Waals surface area contributed by atoms with Crippen LogP contribution in [0.25, 0.3) is 0 Å². The van der Waals surface area contributed by atoms with Gasteiger partial charge in [-0.1, -0.05) is 6.42 Å². The molecule has 7 nitrogen and oxygen atoms in total. The van der Waals surface area contributed by atoms with E-state index in [1.54, 1.807) is 4.80 Å². The molecule has 0 saturated heterocycles. The Bertz CT molecular complexity index is 372. The summed E-state index contributed by atoms with van der Waals surface area (Å²) in [4.78, 5) is 1.65. The first-order valence-corrected chi connectivity index (χ1v) is 9.75. The quantitative estimate of drug-likeness (QED) is 0.435. The second-order valence-corrected chi connectivity index (χ2v) is 7.46. The first kappa shape index (κ1) is 18.2. The molecule has 8 heteroatoms. The molecule has 0 saturated carbocycles.